The summed E-state index contributed by atoms with van der Waals surface area (Å²) in [5.41, 5.74) is 1.63. The number of nitrogens with zero attached hydrogens (tertiary/aromatic N) is 1. The predicted octanol–water partition coefficient (Wildman–Crippen LogP) is 3.54. The third-order valence-corrected chi connectivity index (χ3v) is 4.30. The lowest BCUT2D eigenvalue weighted by Crippen LogP contribution is -2.31. The predicted molar refractivity (Wildman–Crippen MR) is 92.2 cm³/mol. The molecule has 0 bridgehead atoms. The van der Waals surface area contributed by atoms with Crippen LogP contribution >= 0.6 is 0 Å². The Morgan fingerprint density at radius 2 is 1.88 bits per heavy atom. The van der Waals surface area contributed by atoms with Crippen molar-refractivity contribution < 1.29 is 18.3 Å². The van der Waals surface area contributed by atoms with Crippen molar-refractivity contribution in [2.75, 3.05) is 24.5 Å². The molecule has 1 aliphatic rings. The van der Waals surface area contributed by atoms with Crippen molar-refractivity contribution in [2.45, 2.75) is 13.0 Å². The summed E-state index contributed by atoms with van der Waals surface area (Å²) in [6.07, 6.45) is 1.02. The largest absolute Gasteiger partial charge is 0.435 e. The zero-order valence-corrected chi connectivity index (χ0v) is 13.7. The van der Waals surface area contributed by atoms with Crippen molar-refractivity contribution in [3.8, 4) is 5.75 Å². The molecular formula is C19H20F2N2O2. The van der Waals surface area contributed by atoms with E-state index in [1.807, 2.05) is 18.2 Å². The van der Waals surface area contributed by atoms with Gasteiger partial charge in [-0.1, -0.05) is 18.2 Å². The lowest BCUT2D eigenvalue weighted by atomic mass is 10.1. The Balaban J connectivity index is 1.48. The smallest absolute Gasteiger partial charge is 0.387 e. The number of halogens is 2. The Bertz CT molecular complexity index is 692. The van der Waals surface area contributed by atoms with Gasteiger partial charge < -0.3 is 15.0 Å². The molecule has 1 atom stereocenters. The van der Waals surface area contributed by atoms with E-state index in [4.69, 9.17) is 0 Å². The van der Waals surface area contributed by atoms with E-state index in [1.54, 1.807) is 0 Å². The van der Waals surface area contributed by atoms with Crippen LogP contribution in [0.4, 0.5) is 14.5 Å². The maximum atomic E-state index is 12.2. The van der Waals surface area contributed by atoms with Gasteiger partial charge in [-0.15, -0.1) is 0 Å². The fourth-order valence-electron chi connectivity index (χ4n) is 3.00. The maximum Gasteiger partial charge on any atom is 0.387 e. The third-order valence-electron chi connectivity index (χ3n) is 4.30. The molecule has 3 rings (SSSR count). The molecule has 0 radical (unpaired) electrons. The minimum atomic E-state index is -2.87. The normalized spacial score (nSPS) is 16.9. The molecule has 4 nitrogen and oxygen atoms in total. The molecule has 1 unspecified atom stereocenters. The monoisotopic (exact) mass is 346 g/mol. The summed E-state index contributed by atoms with van der Waals surface area (Å²) in [5, 5.41) is 2.92. The van der Waals surface area contributed by atoms with Crippen molar-refractivity contribution in [3.63, 3.8) is 0 Å². The Labute approximate surface area is 145 Å². The van der Waals surface area contributed by atoms with Gasteiger partial charge in [0.2, 0.25) is 0 Å². The Hall–Kier alpha value is -2.63. The Morgan fingerprint density at radius 3 is 2.56 bits per heavy atom. The quantitative estimate of drug-likeness (QED) is 0.870. The number of anilines is 1. The van der Waals surface area contributed by atoms with Crippen LogP contribution in [-0.2, 0) is 0 Å². The lowest BCUT2D eigenvalue weighted by Gasteiger charge is -2.18. The van der Waals surface area contributed by atoms with Crippen LogP contribution in [0.1, 0.15) is 16.8 Å². The van der Waals surface area contributed by atoms with Crippen LogP contribution in [0.25, 0.3) is 0 Å². The number of hydrogen-bond donors (Lipinski definition) is 1. The van der Waals surface area contributed by atoms with E-state index in [0.717, 1.165) is 19.5 Å². The molecule has 1 aliphatic heterocycles. The van der Waals surface area contributed by atoms with Crippen molar-refractivity contribution >= 4 is 11.6 Å². The number of ether oxygens (including phenoxy) is 1. The second-order valence-electron chi connectivity index (χ2n) is 6.05. The van der Waals surface area contributed by atoms with Crippen molar-refractivity contribution in [2.24, 2.45) is 5.92 Å². The summed E-state index contributed by atoms with van der Waals surface area (Å²) in [6.45, 7) is -0.387. The summed E-state index contributed by atoms with van der Waals surface area (Å²) in [7, 11) is 0. The highest BCUT2D eigenvalue weighted by Gasteiger charge is 2.23. The molecule has 25 heavy (non-hydrogen) atoms. The number of rotatable bonds is 6. The van der Waals surface area contributed by atoms with Gasteiger partial charge in [-0.3, -0.25) is 4.79 Å². The van der Waals surface area contributed by atoms with Crippen molar-refractivity contribution in [1.29, 1.82) is 0 Å². The molecule has 2 aromatic rings. The number of para-hydroxylation sites is 1. The van der Waals surface area contributed by atoms with Gasteiger partial charge in [0.05, 0.1) is 0 Å². The molecule has 1 heterocycles. The number of carbonyl (C=O) groups excluding carboxylic acids is 1. The second-order valence-corrected chi connectivity index (χ2v) is 6.05. The summed E-state index contributed by atoms with van der Waals surface area (Å²) in [5.74, 6) is 0.230. The van der Waals surface area contributed by atoms with Gasteiger partial charge in [-0.2, -0.15) is 8.78 Å². The average Bonchev–Trinajstić information content (AvgIpc) is 3.10. The number of hydrogen-bond acceptors (Lipinski definition) is 3. The van der Waals surface area contributed by atoms with Crippen LogP contribution in [0.2, 0.25) is 0 Å². The topological polar surface area (TPSA) is 41.6 Å². The first-order chi connectivity index (χ1) is 12.1. The van der Waals surface area contributed by atoms with Gasteiger partial charge in [-0.05, 0) is 48.7 Å². The first-order valence-electron chi connectivity index (χ1n) is 8.25. The van der Waals surface area contributed by atoms with Crippen molar-refractivity contribution in [3.05, 3.63) is 60.2 Å². The Morgan fingerprint density at radius 1 is 1.16 bits per heavy atom. The molecule has 0 saturated carbocycles. The highest BCUT2D eigenvalue weighted by atomic mass is 19.3. The van der Waals surface area contributed by atoms with Crippen LogP contribution in [0, 0.1) is 5.92 Å². The van der Waals surface area contributed by atoms with Crippen LogP contribution in [0.3, 0.4) is 0 Å². The maximum absolute atomic E-state index is 12.2. The minimum absolute atomic E-state index is 0.0424. The molecule has 1 N–H and O–H groups in total. The van der Waals surface area contributed by atoms with Crippen LogP contribution in [0.15, 0.2) is 54.6 Å². The fraction of sp³-hybridized carbons (Fsp3) is 0.316. The van der Waals surface area contributed by atoms with Gasteiger partial charge >= 0.3 is 6.61 Å². The summed E-state index contributed by atoms with van der Waals surface area (Å²) in [6, 6.07) is 15.9. The standard InChI is InChI=1S/C19H20F2N2O2/c20-19(21)25-17-8-6-15(7-9-17)18(24)22-12-14-10-11-23(13-14)16-4-2-1-3-5-16/h1-9,14,19H,10-13H2,(H,22,24). The summed E-state index contributed by atoms with van der Waals surface area (Å²) < 4.78 is 28.5. The zero-order chi connectivity index (χ0) is 17.6. The van der Waals surface area contributed by atoms with Crippen LogP contribution < -0.4 is 15.0 Å². The number of benzene rings is 2. The molecule has 1 saturated heterocycles. The molecule has 1 amide bonds. The first-order valence-corrected chi connectivity index (χ1v) is 8.25. The van der Waals surface area contributed by atoms with Gasteiger partial charge in [-0.25, -0.2) is 0 Å². The van der Waals surface area contributed by atoms with Crippen molar-refractivity contribution in [1.82, 2.24) is 5.32 Å². The first kappa shape index (κ1) is 17.2. The molecule has 0 aromatic heterocycles. The van der Waals surface area contributed by atoms with E-state index in [-0.39, 0.29) is 11.7 Å². The third kappa shape index (κ3) is 4.68. The van der Waals surface area contributed by atoms with Crippen LogP contribution in [-0.4, -0.2) is 32.2 Å². The lowest BCUT2D eigenvalue weighted by molar-refractivity contribution is -0.0498. The van der Waals surface area contributed by atoms with E-state index < -0.39 is 6.61 Å². The molecule has 132 valence electrons. The Kier molecular flexibility index (Phi) is 5.48. The van der Waals surface area contributed by atoms with E-state index in [0.29, 0.717) is 18.0 Å². The number of amides is 1. The van der Waals surface area contributed by atoms with Crippen LogP contribution in [0.5, 0.6) is 5.75 Å². The average molecular weight is 346 g/mol. The molecule has 2 aromatic carbocycles. The van der Waals surface area contributed by atoms with Gasteiger partial charge in [0.1, 0.15) is 5.75 Å². The summed E-state index contributed by atoms with van der Waals surface area (Å²) >= 11 is 0. The molecule has 6 heteroatoms. The molecule has 0 aliphatic carbocycles. The number of carbonyl (C=O) groups is 1. The van der Waals surface area contributed by atoms with Gasteiger partial charge in [0, 0.05) is 30.9 Å². The van der Waals surface area contributed by atoms with E-state index >= 15 is 0 Å². The SMILES string of the molecule is O=C(NCC1CCN(c2ccccc2)C1)c1ccc(OC(F)F)cc1. The molecule has 1 fully saturated rings. The highest BCUT2D eigenvalue weighted by Crippen LogP contribution is 2.23. The minimum Gasteiger partial charge on any atom is -0.435 e. The van der Waals surface area contributed by atoms with E-state index in [9.17, 15) is 13.6 Å². The molecular weight excluding hydrogens is 326 g/mol. The van der Waals surface area contributed by atoms with Gasteiger partial charge in [0.25, 0.3) is 5.91 Å². The number of nitrogens with one attached hydrogen (secondary N) is 1. The van der Waals surface area contributed by atoms with E-state index in [2.05, 4.69) is 27.1 Å². The second kappa shape index (κ2) is 7.96. The molecule has 0 spiro atoms. The number of alkyl halides is 2. The highest BCUT2D eigenvalue weighted by molar-refractivity contribution is 5.94. The van der Waals surface area contributed by atoms with Gasteiger partial charge in [0.15, 0.2) is 0 Å². The van der Waals surface area contributed by atoms with E-state index in [1.165, 1.54) is 30.0 Å². The zero-order valence-electron chi connectivity index (χ0n) is 13.7. The summed E-state index contributed by atoms with van der Waals surface area (Å²) in [4.78, 5) is 14.5. The fourth-order valence-corrected chi connectivity index (χ4v) is 3.00.